The molecule has 3 heterocycles. The van der Waals surface area contributed by atoms with Gasteiger partial charge < -0.3 is 14.2 Å². The second kappa shape index (κ2) is 9.02. The van der Waals surface area contributed by atoms with Gasteiger partial charge in [0.2, 0.25) is 11.7 Å². The molecule has 0 atom stereocenters. The third-order valence-corrected chi connectivity index (χ3v) is 6.20. The molecule has 29 heavy (non-hydrogen) atoms. The number of hydrogen-bond acceptors (Lipinski definition) is 6. The highest BCUT2D eigenvalue weighted by atomic mass is 35.5. The van der Waals surface area contributed by atoms with Crippen molar-refractivity contribution in [1.82, 2.24) is 24.6 Å². The van der Waals surface area contributed by atoms with E-state index in [0.717, 1.165) is 38.4 Å². The first kappa shape index (κ1) is 20.0. The van der Waals surface area contributed by atoms with Gasteiger partial charge in [-0.25, -0.2) is 0 Å². The summed E-state index contributed by atoms with van der Waals surface area (Å²) in [5.41, 5.74) is 0.747. The van der Waals surface area contributed by atoms with Crippen LogP contribution in [0.1, 0.15) is 6.92 Å². The summed E-state index contributed by atoms with van der Waals surface area (Å²) in [4.78, 5) is 17.0. The van der Waals surface area contributed by atoms with Crippen LogP contribution >= 0.6 is 23.4 Å². The molecular weight excluding hydrogens is 410 g/mol. The molecule has 1 amide bonds. The molecular formula is C20H22ClN5O2S. The molecule has 0 unspecified atom stereocenters. The normalized spacial score (nSPS) is 15.0. The number of benzene rings is 1. The number of carbonyl (C=O) groups excluding carboxylic acids is 1. The summed E-state index contributed by atoms with van der Waals surface area (Å²) in [6.45, 7) is 6.54. The molecule has 0 spiro atoms. The summed E-state index contributed by atoms with van der Waals surface area (Å²) in [5.74, 6) is 1.55. The molecule has 152 valence electrons. The highest BCUT2D eigenvalue weighted by Crippen LogP contribution is 2.31. The molecule has 3 aromatic rings. The van der Waals surface area contributed by atoms with E-state index < -0.39 is 0 Å². The lowest BCUT2D eigenvalue weighted by molar-refractivity contribution is -0.130. The zero-order valence-electron chi connectivity index (χ0n) is 16.1. The lowest BCUT2D eigenvalue weighted by Gasteiger charge is -2.34. The number of rotatable bonds is 6. The van der Waals surface area contributed by atoms with Gasteiger partial charge in [0.05, 0.1) is 22.7 Å². The number of aromatic nitrogens is 3. The molecule has 1 aliphatic heterocycles. The Morgan fingerprint density at radius 1 is 1.14 bits per heavy atom. The van der Waals surface area contributed by atoms with Gasteiger partial charge in [0.25, 0.3) is 0 Å². The van der Waals surface area contributed by atoms with Crippen molar-refractivity contribution in [2.75, 3.05) is 38.5 Å². The van der Waals surface area contributed by atoms with Gasteiger partial charge in [-0.05, 0) is 30.8 Å². The van der Waals surface area contributed by atoms with Gasteiger partial charge in [-0.2, -0.15) is 0 Å². The van der Waals surface area contributed by atoms with Crippen molar-refractivity contribution < 1.29 is 9.21 Å². The maximum Gasteiger partial charge on any atom is 0.233 e. The number of furan rings is 1. The minimum Gasteiger partial charge on any atom is -0.461 e. The average Bonchev–Trinajstić information content (AvgIpc) is 3.42. The number of likely N-dealkylation sites (N-methyl/N-ethyl adjacent to an activating group) is 1. The van der Waals surface area contributed by atoms with Crippen LogP contribution in [0.3, 0.4) is 0 Å². The van der Waals surface area contributed by atoms with Gasteiger partial charge in [0.1, 0.15) is 0 Å². The van der Waals surface area contributed by atoms with Crippen molar-refractivity contribution in [2.24, 2.45) is 0 Å². The standard InChI is InChI=1S/C20H22ClN5O2S/c1-2-24-9-11-25(12-10-24)18(27)14-29-20-23-22-19(17-8-5-13-28-17)26(20)16-7-4-3-6-15(16)21/h3-8,13H,2,9-12,14H2,1H3. The Bertz CT molecular complexity index is 967. The third-order valence-electron chi connectivity index (χ3n) is 4.97. The van der Waals surface area contributed by atoms with E-state index in [1.165, 1.54) is 11.8 Å². The van der Waals surface area contributed by atoms with Gasteiger partial charge >= 0.3 is 0 Å². The smallest absolute Gasteiger partial charge is 0.233 e. The fourth-order valence-corrected chi connectivity index (χ4v) is 4.38. The van der Waals surface area contributed by atoms with Crippen molar-refractivity contribution in [1.29, 1.82) is 0 Å². The van der Waals surface area contributed by atoms with Gasteiger partial charge in [0, 0.05) is 26.2 Å². The first-order valence-electron chi connectivity index (χ1n) is 9.54. The molecule has 1 aromatic carbocycles. The van der Waals surface area contributed by atoms with E-state index in [-0.39, 0.29) is 5.91 Å². The summed E-state index contributed by atoms with van der Waals surface area (Å²) in [5, 5.41) is 9.78. The molecule has 0 bridgehead atoms. The van der Waals surface area contributed by atoms with Crippen LogP contribution in [-0.2, 0) is 4.79 Å². The van der Waals surface area contributed by atoms with Gasteiger partial charge in [-0.3, -0.25) is 9.36 Å². The molecule has 2 aromatic heterocycles. The monoisotopic (exact) mass is 431 g/mol. The minimum absolute atomic E-state index is 0.110. The summed E-state index contributed by atoms with van der Waals surface area (Å²) >= 11 is 7.80. The lowest BCUT2D eigenvalue weighted by atomic mass is 10.3. The van der Waals surface area contributed by atoms with Crippen LogP contribution in [0.2, 0.25) is 5.02 Å². The highest BCUT2D eigenvalue weighted by molar-refractivity contribution is 7.99. The zero-order chi connectivity index (χ0) is 20.2. The summed E-state index contributed by atoms with van der Waals surface area (Å²) in [6, 6.07) is 11.1. The summed E-state index contributed by atoms with van der Waals surface area (Å²) < 4.78 is 7.36. The van der Waals surface area contributed by atoms with Crippen LogP contribution in [0, 0.1) is 0 Å². The first-order chi connectivity index (χ1) is 14.2. The Morgan fingerprint density at radius 2 is 1.93 bits per heavy atom. The third kappa shape index (κ3) is 4.34. The molecule has 0 saturated carbocycles. The number of amides is 1. The van der Waals surface area contributed by atoms with E-state index in [0.29, 0.717) is 27.5 Å². The maximum atomic E-state index is 12.7. The number of halogens is 1. The number of carbonyl (C=O) groups is 1. The lowest BCUT2D eigenvalue weighted by Crippen LogP contribution is -2.49. The highest BCUT2D eigenvalue weighted by Gasteiger charge is 2.23. The number of hydrogen-bond donors (Lipinski definition) is 0. The fraction of sp³-hybridized carbons (Fsp3) is 0.350. The van der Waals surface area contributed by atoms with Crippen molar-refractivity contribution in [3.05, 3.63) is 47.7 Å². The van der Waals surface area contributed by atoms with Gasteiger partial charge in [0.15, 0.2) is 10.9 Å². The van der Waals surface area contributed by atoms with Crippen molar-refractivity contribution in [3.8, 4) is 17.3 Å². The SMILES string of the molecule is CCN1CCN(C(=O)CSc2nnc(-c3ccco3)n2-c2ccccc2Cl)CC1. The van der Waals surface area contributed by atoms with Crippen LogP contribution in [-0.4, -0.2) is 68.9 Å². The van der Waals surface area contributed by atoms with Gasteiger partial charge in [-0.15, -0.1) is 10.2 Å². The predicted octanol–water partition coefficient (Wildman–Crippen LogP) is 3.44. The molecule has 7 nitrogen and oxygen atoms in total. The van der Waals surface area contributed by atoms with Crippen LogP contribution in [0.5, 0.6) is 0 Å². The number of piperazine rings is 1. The summed E-state index contributed by atoms with van der Waals surface area (Å²) in [6.07, 6.45) is 1.59. The largest absolute Gasteiger partial charge is 0.461 e. The molecule has 0 aliphatic carbocycles. The van der Waals surface area contributed by atoms with Crippen LogP contribution in [0.4, 0.5) is 0 Å². The second-order valence-corrected chi connectivity index (χ2v) is 8.02. The number of para-hydroxylation sites is 1. The molecule has 9 heteroatoms. The Balaban J connectivity index is 1.55. The topological polar surface area (TPSA) is 67.4 Å². The Labute approximate surface area is 178 Å². The first-order valence-corrected chi connectivity index (χ1v) is 10.9. The van der Waals surface area contributed by atoms with E-state index in [4.69, 9.17) is 16.0 Å². The molecule has 1 aliphatic rings. The van der Waals surface area contributed by atoms with E-state index in [9.17, 15) is 4.79 Å². The Kier molecular flexibility index (Phi) is 6.22. The van der Waals surface area contributed by atoms with E-state index in [1.54, 1.807) is 12.3 Å². The van der Waals surface area contributed by atoms with Crippen molar-refractivity contribution >= 4 is 29.3 Å². The summed E-state index contributed by atoms with van der Waals surface area (Å²) in [7, 11) is 0. The van der Waals surface area contributed by atoms with E-state index in [2.05, 4.69) is 22.0 Å². The van der Waals surface area contributed by atoms with E-state index >= 15 is 0 Å². The number of thioether (sulfide) groups is 1. The molecule has 1 saturated heterocycles. The number of nitrogens with zero attached hydrogens (tertiary/aromatic N) is 5. The maximum absolute atomic E-state index is 12.7. The zero-order valence-corrected chi connectivity index (χ0v) is 17.7. The molecule has 1 fully saturated rings. The molecule has 0 N–H and O–H groups in total. The van der Waals surface area contributed by atoms with Crippen molar-refractivity contribution in [3.63, 3.8) is 0 Å². The van der Waals surface area contributed by atoms with Gasteiger partial charge in [-0.1, -0.05) is 42.4 Å². The van der Waals surface area contributed by atoms with Crippen LogP contribution < -0.4 is 0 Å². The quantitative estimate of drug-likeness (QED) is 0.557. The van der Waals surface area contributed by atoms with E-state index in [1.807, 2.05) is 39.8 Å². The fourth-order valence-electron chi connectivity index (χ4n) is 3.31. The predicted molar refractivity (Wildman–Crippen MR) is 113 cm³/mol. The van der Waals surface area contributed by atoms with Crippen molar-refractivity contribution in [2.45, 2.75) is 12.1 Å². The van der Waals surface area contributed by atoms with Crippen LogP contribution in [0.25, 0.3) is 17.3 Å². The minimum atomic E-state index is 0.110. The Hall–Kier alpha value is -2.29. The second-order valence-electron chi connectivity index (χ2n) is 6.67. The Morgan fingerprint density at radius 3 is 2.62 bits per heavy atom. The molecule has 0 radical (unpaired) electrons. The van der Waals surface area contributed by atoms with Crippen LogP contribution in [0.15, 0.2) is 52.2 Å². The molecule has 4 rings (SSSR count). The average molecular weight is 432 g/mol.